The van der Waals surface area contributed by atoms with Gasteiger partial charge in [-0.25, -0.2) is 4.98 Å². The Labute approximate surface area is 157 Å². The molecule has 1 amide bonds. The van der Waals surface area contributed by atoms with E-state index >= 15 is 0 Å². The molecule has 0 saturated carbocycles. The van der Waals surface area contributed by atoms with Crippen LogP contribution >= 0.6 is 11.8 Å². The van der Waals surface area contributed by atoms with E-state index in [-0.39, 0.29) is 5.91 Å². The number of hydrogen-bond donors (Lipinski definition) is 1. The molecule has 1 N–H and O–H groups in total. The van der Waals surface area contributed by atoms with Gasteiger partial charge in [0.15, 0.2) is 0 Å². The zero-order chi connectivity index (χ0) is 18.2. The molecule has 7 heteroatoms. The number of nitrogens with zero attached hydrogens (tertiary/aromatic N) is 2. The molecule has 0 unspecified atom stereocenters. The molecule has 2 aromatic rings. The van der Waals surface area contributed by atoms with E-state index in [4.69, 9.17) is 9.47 Å². The summed E-state index contributed by atoms with van der Waals surface area (Å²) in [5, 5.41) is 3.79. The second-order valence-electron chi connectivity index (χ2n) is 5.87. The number of amides is 1. The van der Waals surface area contributed by atoms with Gasteiger partial charge in [-0.3, -0.25) is 9.69 Å². The Morgan fingerprint density at radius 2 is 2.00 bits per heavy atom. The Bertz CT molecular complexity index is 701. The van der Waals surface area contributed by atoms with Crippen LogP contribution in [0, 0.1) is 0 Å². The van der Waals surface area contributed by atoms with Gasteiger partial charge in [-0.1, -0.05) is 0 Å². The van der Waals surface area contributed by atoms with Crippen molar-refractivity contribution in [3.63, 3.8) is 0 Å². The van der Waals surface area contributed by atoms with Gasteiger partial charge in [0.2, 0.25) is 0 Å². The lowest BCUT2D eigenvalue weighted by Crippen LogP contribution is -2.37. The Hall–Kier alpha value is -2.09. The number of methoxy groups -OCH3 is 1. The smallest absolute Gasteiger partial charge is 0.257 e. The van der Waals surface area contributed by atoms with Gasteiger partial charge < -0.3 is 14.8 Å². The number of benzene rings is 1. The third kappa shape index (κ3) is 5.45. The van der Waals surface area contributed by atoms with Crippen molar-refractivity contribution in [2.45, 2.75) is 5.03 Å². The lowest BCUT2D eigenvalue weighted by molar-refractivity contribution is 0.0410. The van der Waals surface area contributed by atoms with Crippen LogP contribution in [-0.4, -0.2) is 61.5 Å². The Kier molecular flexibility index (Phi) is 6.88. The summed E-state index contributed by atoms with van der Waals surface area (Å²) in [5.74, 6) is 1.56. The fourth-order valence-corrected chi connectivity index (χ4v) is 3.43. The molecule has 0 bridgehead atoms. The average Bonchev–Trinajstić information content (AvgIpc) is 2.70. The third-order valence-electron chi connectivity index (χ3n) is 4.11. The summed E-state index contributed by atoms with van der Waals surface area (Å²) in [5.41, 5.74) is 1.26. The SMILES string of the molecule is COc1ccc(NC(=O)c2ccc(SCCN3CCOCC3)nc2)cc1. The molecule has 1 saturated heterocycles. The standard InChI is InChI=1S/C19H23N3O3S/c1-24-17-5-3-16(4-6-17)21-19(23)15-2-7-18(20-14-15)26-13-10-22-8-11-25-12-9-22/h2-7,14H,8-13H2,1H3,(H,21,23). The van der Waals surface area contributed by atoms with E-state index in [9.17, 15) is 4.79 Å². The van der Waals surface area contributed by atoms with E-state index in [1.165, 1.54) is 0 Å². The van der Waals surface area contributed by atoms with E-state index in [1.807, 2.05) is 24.3 Å². The van der Waals surface area contributed by atoms with Crippen LogP contribution in [0.5, 0.6) is 5.75 Å². The predicted octanol–water partition coefficient (Wildman–Crippen LogP) is 2.77. The van der Waals surface area contributed by atoms with Crippen molar-refractivity contribution in [2.75, 3.05) is 51.0 Å². The largest absolute Gasteiger partial charge is 0.497 e. The van der Waals surface area contributed by atoms with Crippen LogP contribution in [0.25, 0.3) is 0 Å². The first-order valence-electron chi connectivity index (χ1n) is 8.59. The molecular formula is C19H23N3O3S. The number of carbonyl (C=O) groups excluding carboxylic acids is 1. The number of hydrogen-bond acceptors (Lipinski definition) is 6. The fraction of sp³-hybridized carbons (Fsp3) is 0.368. The molecule has 1 fully saturated rings. The van der Waals surface area contributed by atoms with Crippen molar-refractivity contribution in [3.8, 4) is 5.75 Å². The highest BCUT2D eigenvalue weighted by atomic mass is 32.2. The lowest BCUT2D eigenvalue weighted by atomic mass is 10.2. The van der Waals surface area contributed by atoms with Gasteiger partial charge in [-0.05, 0) is 36.4 Å². The maximum absolute atomic E-state index is 12.3. The minimum Gasteiger partial charge on any atom is -0.497 e. The van der Waals surface area contributed by atoms with E-state index < -0.39 is 0 Å². The van der Waals surface area contributed by atoms with Crippen LogP contribution in [0.1, 0.15) is 10.4 Å². The topological polar surface area (TPSA) is 63.7 Å². The minimum absolute atomic E-state index is 0.174. The highest BCUT2D eigenvalue weighted by Crippen LogP contribution is 2.18. The molecule has 3 rings (SSSR count). The van der Waals surface area contributed by atoms with Gasteiger partial charge in [0, 0.05) is 37.3 Å². The van der Waals surface area contributed by atoms with Crippen molar-refractivity contribution in [1.82, 2.24) is 9.88 Å². The van der Waals surface area contributed by atoms with E-state index in [2.05, 4.69) is 15.2 Å². The first-order valence-corrected chi connectivity index (χ1v) is 9.57. The zero-order valence-corrected chi connectivity index (χ0v) is 15.6. The van der Waals surface area contributed by atoms with Crippen LogP contribution < -0.4 is 10.1 Å². The number of morpholine rings is 1. The maximum atomic E-state index is 12.3. The monoisotopic (exact) mass is 373 g/mol. The number of pyridine rings is 1. The van der Waals surface area contributed by atoms with Gasteiger partial charge in [0.1, 0.15) is 5.75 Å². The molecule has 0 radical (unpaired) electrons. The van der Waals surface area contributed by atoms with Crippen molar-refractivity contribution in [2.24, 2.45) is 0 Å². The molecule has 26 heavy (non-hydrogen) atoms. The number of carbonyl (C=O) groups is 1. The molecule has 0 atom stereocenters. The van der Waals surface area contributed by atoms with Crippen LogP contribution in [-0.2, 0) is 4.74 Å². The summed E-state index contributed by atoms with van der Waals surface area (Å²) in [6.07, 6.45) is 1.62. The molecule has 1 aromatic heterocycles. The lowest BCUT2D eigenvalue weighted by Gasteiger charge is -2.26. The molecule has 6 nitrogen and oxygen atoms in total. The zero-order valence-electron chi connectivity index (χ0n) is 14.8. The number of rotatable bonds is 7. The Morgan fingerprint density at radius 3 is 2.65 bits per heavy atom. The normalized spacial score (nSPS) is 14.8. The van der Waals surface area contributed by atoms with E-state index in [1.54, 1.807) is 37.2 Å². The summed E-state index contributed by atoms with van der Waals surface area (Å²) >= 11 is 1.70. The second kappa shape index (κ2) is 9.56. The van der Waals surface area contributed by atoms with Crippen molar-refractivity contribution < 1.29 is 14.3 Å². The van der Waals surface area contributed by atoms with Crippen LogP contribution in [0.2, 0.25) is 0 Å². The Balaban J connectivity index is 1.47. The number of ether oxygens (including phenoxy) is 2. The van der Waals surface area contributed by atoms with Crippen LogP contribution in [0.4, 0.5) is 5.69 Å². The second-order valence-corrected chi connectivity index (χ2v) is 6.99. The molecular weight excluding hydrogens is 350 g/mol. The number of nitrogens with one attached hydrogen (secondary N) is 1. The van der Waals surface area contributed by atoms with Gasteiger partial charge in [0.05, 0.1) is 30.9 Å². The molecule has 2 heterocycles. The number of thioether (sulfide) groups is 1. The third-order valence-corrected chi connectivity index (χ3v) is 5.03. The van der Waals surface area contributed by atoms with Crippen molar-refractivity contribution in [1.29, 1.82) is 0 Å². The van der Waals surface area contributed by atoms with Crippen LogP contribution in [0.15, 0.2) is 47.6 Å². The summed E-state index contributed by atoms with van der Waals surface area (Å²) in [7, 11) is 1.61. The number of aromatic nitrogens is 1. The molecule has 1 aliphatic heterocycles. The summed E-state index contributed by atoms with van der Waals surface area (Å²) in [6, 6.07) is 10.9. The summed E-state index contributed by atoms with van der Waals surface area (Å²) in [4.78, 5) is 19.1. The van der Waals surface area contributed by atoms with Gasteiger partial charge >= 0.3 is 0 Å². The summed E-state index contributed by atoms with van der Waals surface area (Å²) < 4.78 is 10.5. The average molecular weight is 373 g/mol. The molecule has 138 valence electrons. The molecule has 1 aromatic carbocycles. The van der Waals surface area contributed by atoms with Gasteiger partial charge in [0.25, 0.3) is 5.91 Å². The van der Waals surface area contributed by atoms with Crippen molar-refractivity contribution in [3.05, 3.63) is 48.2 Å². The van der Waals surface area contributed by atoms with Gasteiger partial charge in [-0.2, -0.15) is 0 Å². The summed E-state index contributed by atoms with van der Waals surface area (Å²) in [6.45, 7) is 4.66. The maximum Gasteiger partial charge on any atom is 0.257 e. The first-order chi connectivity index (χ1) is 12.7. The van der Waals surface area contributed by atoms with Crippen LogP contribution in [0.3, 0.4) is 0 Å². The highest BCUT2D eigenvalue weighted by molar-refractivity contribution is 7.99. The fourth-order valence-electron chi connectivity index (χ4n) is 2.58. The van der Waals surface area contributed by atoms with E-state index in [0.29, 0.717) is 5.56 Å². The molecule has 1 aliphatic rings. The highest BCUT2D eigenvalue weighted by Gasteiger charge is 2.10. The van der Waals surface area contributed by atoms with Crippen molar-refractivity contribution >= 4 is 23.4 Å². The molecule has 0 aliphatic carbocycles. The molecule has 0 spiro atoms. The minimum atomic E-state index is -0.174. The Morgan fingerprint density at radius 1 is 1.23 bits per heavy atom. The predicted molar refractivity (Wildman–Crippen MR) is 103 cm³/mol. The number of anilines is 1. The first kappa shape index (κ1) is 18.7. The van der Waals surface area contributed by atoms with E-state index in [0.717, 1.165) is 55.1 Å². The van der Waals surface area contributed by atoms with Gasteiger partial charge in [-0.15, -0.1) is 11.8 Å². The quantitative estimate of drug-likeness (QED) is 0.753.